The molecule has 1 saturated heterocycles. The number of amides is 1. The molecule has 1 fully saturated rings. The van der Waals surface area contributed by atoms with Gasteiger partial charge >= 0.3 is 0 Å². The van der Waals surface area contributed by atoms with Crippen LogP contribution in [0.1, 0.15) is 57.5 Å². The van der Waals surface area contributed by atoms with Crippen molar-refractivity contribution in [1.82, 2.24) is 14.9 Å². The van der Waals surface area contributed by atoms with E-state index in [1.54, 1.807) is 18.2 Å². The average molecular weight is 568 g/mol. The number of fused-ring (bicyclic) bond motifs is 1. The standard InChI is InChI=1S/C31H36F3N5O2/c1-18(2)39-17-31(3,4)41-29-24(33)13-22(14-26(29)39)28-25(34)15-36-27(37-28)12-19-5-6-21(23(32)11-19)16-38-9-7-20(8-10-38)30(35)40/h5-6,11,13-15,18,20H,7-10,12,16-17H2,1-4H3,(H2,35,40). The van der Waals surface area contributed by atoms with Gasteiger partial charge in [-0.1, -0.05) is 12.1 Å². The number of hydrogen-bond donors (Lipinski definition) is 1. The van der Waals surface area contributed by atoms with Crippen molar-refractivity contribution in [3.05, 3.63) is 70.9 Å². The number of nitrogens with two attached hydrogens (primary N) is 1. The Balaban J connectivity index is 1.35. The fourth-order valence-corrected chi connectivity index (χ4v) is 5.61. The fourth-order valence-electron chi connectivity index (χ4n) is 5.61. The first kappa shape index (κ1) is 28.9. The summed E-state index contributed by atoms with van der Waals surface area (Å²) in [7, 11) is 0. The van der Waals surface area contributed by atoms with E-state index in [2.05, 4.69) is 14.9 Å². The number of nitrogens with zero attached hydrogens (tertiary/aromatic N) is 4. The van der Waals surface area contributed by atoms with Crippen LogP contribution in [0.5, 0.6) is 5.75 Å². The largest absolute Gasteiger partial charge is 0.481 e. The van der Waals surface area contributed by atoms with Crippen LogP contribution in [-0.4, -0.2) is 52.1 Å². The minimum atomic E-state index is -0.678. The second-order valence-corrected chi connectivity index (χ2v) is 11.9. The Morgan fingerprint density at radius 1 is 1.10 bits per heavy atom. The molecule has 5 rings (SSSR count). The summed E-state index contributed by atoms with van der Waals surface area (Å²) in [5, 5.41) is 0. The second kappa shape index (κ2) is 11.3. The zero-order chi connectivity index (χ0) is 29.5. The predicted molar refractivity (Wildman–Crippen MR) is 151 cm³/mol. The van der Waals surface area contributed by atoms with E-state index in [1.807, 2.05) is 32.6 Å². The minimum Gasteiger partial charge on any atom is -0.481 e. The van der Waals surface area contributed by atoms with Gasteiger partial charge in [0.1, 0.15) is 22.9 Å². The van der Waals surface area contributed by atoms with E-state index in [9.17, 15) is 9.18 Å². The summed E-state index contributed by atoms with van der Waals surface area (Å²) in [6.45, 7) is 10.2. The summed E-state index contributed by atoms with van der Waals surface area (Å²) in [6, 6.07) is 7.97. The van der Waals surface area contributed by atoms with Crippen molar-refractivity contribution >= 4 is 11.6 Å². The van der Waals surface area contributed by atoms with Gasteiger partial charge in [-0.05, 0) is 77.4 Å². The summed E-state index contributed by atoms with van der Waals surface area (Å²) in [5.74, 6) is -1.59. The number of piperidine rings is 1. The van der Waals surface area contributed by atoms with Crippen molar-refractivity contribution in [2.75, 3.05) is 24.5 Å². The lowest BCUT2D eigenvalue weighted by Gasteiger charge is -2.43. The Morgan fingerprint density at radius 3 is 2.49 bits per heavy atom. The molecule has 3 heterocycles. The van der Waals surface area contributed by atoms with Crippen LogP contribution in [0.25, 0.3) is 11.3 Å². The van der Waals surface area contributed by atoms with Crippen LogP contribution < -0.4 is 15.4 Å². The van der Waals surface area contributed by atoms with E-state index >= 15 is 8.78 Å². The van der Waals surface area contributed by atoms with E-state index in [4.69, 9.17) is 10.5 Å². The molecule has 1 aromatic heterocycles. The molecule has 0 saturated carbocycles. The molecule has 2 aliphatic heterocycles. The van der Waals surface area contributed by atoms with Crippen LogP contribution in [-0.2, 0) is 17.8 Å². The number of benzene rings is 2. The highest BCUT2D eigenvalue weighted by atomic mass is 19.1. The maximum Gasteiger partial charge on any atom is 0.220 e. The van der Waals surface area contributed by atoms with Crippen molar-refractivity contribution in [2.45, 2.75) is 65.1 Å². The molecule has 10 heteroatoms. The number of ether oxygens (including phenoxy) is 1. The lowest BCUT2D eigenvalue weighted by atomic mass is 9.96. The summed E-state index contributed by atoms with van der Waals surface area (Å²) in [6.07, 6.45) is 2.59. The minimum absolute atomic E-state index is 0.0262. The van der Waals surface area contributed by atoms with Crippen LogP contribution in [0.4, 0.5) is 18.9 Å². The van der Waals surface area contributed by atoms with E-state index in [0.717, 1.165) is 6.20 Å². The molecular formula is C31H36F3N5O2. The van der Waals surface area contributed by atoms with Crippen molar-refractivity contribution in [1.29, 1.82) is 0 Å². The first-order valence-corrected chi connectivity index (χ1v) is 14.0. The Kier molecular flexibility index (Phi) is 7.96. The van der Waals surface area contributed by atoms with Crippen LogP contribution in [0.15, 0.2) is 36.5 Å². The molecular weight excluding hydrogens is 531 g/mol. The Bertz CT molecular complexity index is 1450. The van der Waals surface area contributed by atoms with Crippen LogP contribution in [0.3, 0.4) is 0 Å². The zero-order valence-corrected chi connectivity index (χ0v) is 23.9. The summed E-state index contributed by atoms with van der Waals surface area (Å²) in [5.41, 5.74) is 6.81. The van der Waals surface area contributed by atoms with Gasteiger partial charge in [0, 0.05) is 36.1 Å². The van der Waals surface area contributed by atoms with Gasteiger partial charge < -0.3 is 15.4 Å². The SMILES string of the molecule is CC(C)N1CC(C)(C)Oc2c(F)cc(-c3nc(Cc4ccc(CN5CCC(C(N)=O)CC5)c(F)c4)ncc3F)cc21. The third-order valence-electron chi connectivity index (χ3n) is 7.82. The van der Waals surface area contributed by atoms with Crippen molar-refractivity contribution in [3.8, 4) is 17.0 Å². The highest BCUT2D eigenvalue weighted by Crippen LogP contribution is 2.42. The molecule has 0 atom stereocenters. The van der Waals surface area contributed by atoms with Crippen LogP contribution in [0, 0.1) is 23.4 Å². The van der Waals surface area contributed by atoms with Gasteiger partial charge in [0.2, 0.25) is 5.91 Å². The number of aromatic nitrogens is 2. The Hall–Kier alpha value is -3.66. The highest BCUT2D eigenvalue weighted by molar-refractivity contribution is 5.76. The topological polar surface area (TPSA) is 84.6 Å². The first-order chi connectivity index (χ1) is 19.4. The number of anilines is 1. The average Bonchev–Trinajstić information content (AvgIpc) is 2.91. The quantitative estimate of drug-likeness (QED) is 0.421. The molecule has 0 unspecified atom stereocenters. The molecule has 0 radical (unpaired) electrons. The van der Waals surface area contributed by atoms with Gasteiger partial charge in [0.05, 0.1) is 18.4 Å². The van der Waals surface area contributed by atoms with E-state index in [1.165, 1.54) is 12.1 Å². The summed E-state index contributed by atoms with van der Waals surface area (Å²) >= 11 is 0. The lowest BCUT2D eigenvalue weighted by Crippen LogP contribution is -2.49. The smallest absolute Gasteiger partial charge is 0.220 e. The van der Waals surface area contributed by atoms with E-state index in [-0.39, 0.29) is 47.1 Å². The van der Waals surface area contributed by atoms with Crippen molar-refractivity contribution < 1.29 is 22.7 Å². The molecule has 0 aliphatic carbocycles. The number of halogens is 3. The van der Waals surface area contributed by atoms with Gasteiger partial charge in [-0.2, -0.15) is 0 Å². The molecule has 41 heavy (non-hydrogen) atoms. The van der Waals surface area contributed by atoms with Crippen molar-refractivity contribution in [2.24, 2.45) is 11.7 Å². The van der Waals surface area contributed by atoms with Gasteiger partial charge in [-0.3, -0.25) is 9.69 Å². The number of carbonyl (C=O) groups is 1. The van der Waals surface area contributed by atoms with Crippen LogP contribution >= 0.6 is 0 Å². The third kappa shape index (κ3) is 6.32. The summed E-state index contributed by atoms with van der Waals surface area (Å²) in [4.78, 5) is 24.1. The van der Waals surface area contributed by atoms with Gasteiger partial charge in [-0.15, -0.1) is 0 Å². The number of carbonyl (C=O) groups excluding carboxylic acids is 1. The summed E-state index contributed by atoms with van der Waals surface area (Å²) < 4.78 is 51.2. The highest BCUT2D eigenvalue weighted by Gasteiger charge is 2.35. The van der Waals surface area contributed by atoms with Gasteiger partial charge in [0.15, 0.2) is 17.4 Å². The van der Waals surface area contributed by atoms with E-state index < -0.39 is 17.2 Å². The number of likely N-dealkylation sites (tertiary alicyclic amines) is 1. The Labute approximate surface area is 238 Å². The van der Waals surface area contributed by atoms with Gasteiger partial charge in [0.25, 0.3) is 0 Å². The van der Waals surface area contributed by atoms with E-state index in [0.29, 0.717) is 61.7 Å². The molecule has 2 aliphatic rings. The molecule has 1 amide bonds. The maximum absolute atomic E-state index is 15.3. The van der Waals surface area contributed by atoms with Gasteiger partial charge in [-0.25, -0.2) is 23.1 Å². The molecule has 0 bridgehead atoms. The number of rotatable bonds is 7. The third-order valence-corrected chi connectivity index (χ3v) is 7.82. The first-order valence-electron chi connectivity index (χ1n) is 14.0. The maximum atomic E-state index is 15.3. The Morgan fingerprint density at radius 2 is 1.83 bits per heavy atom. The normalized spacial score (nSPS) is 17.4. The number of primary amides is 1. The molecule has 2 N–H and O–H groups in total. The monoisotopic (exact) mass is 567 g/mol. The molecule has 3 aromatic rings. The number of hydrogen-bond acceptors (Lipinski definition) is 6. The molecule has 218 valence electrons. The lowest BCUT2D eigenvalue weighted by molar-refractivity contribution is -0.123. The zero-order valence-electron chi connectivity index (χ0n) is 23.9. The fraction of sp³-hybridized carbons (Fsp3) is 0.452. The molecule has 2 aromatic carbocycles. The molecule has 7 nitrogen and oxygen atoms in total. The predicted octanol–water partition coefficient (Wildman–Crippen LogP) is 5.23. The second-order valence-electron chi connectivity index (χ2n) is 11.9. The molecule has 0 spiro atoms. The van der Waals surface area contributed by atoms with Crippen molar-refractivity contribution in [3.63, 3.8) is 0 Å². The van der Waals surface area contributed by atoms with Crippen LogP contribution in [0.2, 0.25) is 0 Å².